The number of benzene rings is 1. The summed E-state index contributed by atoms with van der Waals surface area (Å²) < 4.78 is 0. The molecule has 1 aromatic carbocycles. The maximum atomic E-state index is 12.5. The van der Waals surface area contributed by atoms with Gasteiger partial charge in [0.05, 0.1) is 5.39 Å². The lowest BCUT2D eigenvalue weighted by Gasteiger charge is -2.31. The third-order valence-corrected chi connectivity index (χ3v) is 5.34. The molecule has 1 amide bonds. The van der Waals surface area contributed by atoms with E-state index in [0.29, 0.717) is 23.5 Å². The van der Waals surface area contributed by atoms with Gasteiger partial charge in [-0.25, -0.2) is 9.97 Å². The number of piperidine rings is 1. The number of nitrogens with zero attached hydrogens (tertiary/aromatic N) is 3. The predicted molar refractivity (Wildman–Crippen MR) is 104 cm³/mol. The van der Waals surface area contributed by atoms with Crippen molar-refractivity contribution in [3.8, 4) is 5.75 Å². The van der Waals surface area contributed by atoms with Gasteiger partial charge in [-0.05, 0) is 30.9 Å². The number of hydrogen-bond acceptors (Lipinski definition) is 5. The maximum absolute atomic E-state index is 12.5. The molecule has 1 saturated heterocycles. The molecule has 3 aromatic rings. The van der Waals surface area contributed by atoms with Gasteiger partial charge in [0.1, 0.15) is 22.9 Å². The van der Waals surface area contributed by atoms with Gasteiger partial charge in [-0.15, -0.1) is 0 Å². The van der Waals surface area contributed by atoms with Crippen molar-refractivity contribution >= 4 is 16.8 Å². The van der Waals surface area contributed by atoms with Crippen LogP contribution in [0.4, 0.5) is 0 Å². The summed E-state index contributed by atoms with van der Waals surface area (Å²) >= 11 is 0. The first-order valence-electron chi connectivity index (χ1n) is 9.57. The van der Waals surface area contributed by atoms with Gasteiger partial charge in [-0.1, -0.05) is 6.07 Å². The number of hydrogen-bond donors (Lipinski definition) is 3. The largest absolute Gasteiger partial charge is 0.506 e. The number of likely N-dealkylation sites (tertiary alicyclic amines) is 1. The molecule has 0 unspecified atom stereocenters. The van der Waals surface area contributed by atoms with Crippen molar-refractivity contribution < 1.29 is 9.90 Å². The van der Waals surface area contributed by atoms with Crippen LogP contribution >= 0.6 is 0 Å². The van der Waals surface area contributed by atoms with Gasteiger partial charge in [0.25, 0.3) is 5.56 Å². The van der Waals surface area contributed by atoms with E-state index in [4.69, 9.17) is 0 Å². The highest BCUT2D eigenvalue weighted by molar-refractivity contribution is 5.83. The highest BCUT2D eigenvalue weighted by Crippen LogP contribution is 2.22. The first-order valence-corrected chi connectivity index (χ1v) is 9.57. The maximum Gasteiger partial charge on any atom is 0.258 e. The van der Waals surface area contributed by atoms with Crippen molar-refractivity contribution in [3.05, 3.63) is 52.6 Å². The monoisotopic (exact) mass is 381 g/mol. The fourth-order valence-electron chi connectivity index (χ4n) is 3.76. The number of aromatic amines is 2. The molecule has 28 heavy (non-hydrogen) atoms. The lowest BCUT2D eigenvalue weighted by molar-refractivity contribution is -0.132. The van der Waals surface area contributed by atoms with Gasteiger partial charge in [0.15, 0.2) is 0 Å². The molecule has 3 heterocycles. The second-order valence-corrected chi connectivity index (χ2v) is 7.25. The Morgan fingerprint density at radius 1 is 1.25 bits per heavy atom. The SMILES string of the molecule is O=C(CCc1nc2c(O)cccc2c(=O)[nH]1)N1CCC(Cc2ncc[nH]2)CC1. The van der Waals surface area contributed by atoms with Crippen LogP contribution in [0.5, 0.6) is 5.75 Å². The second-order valence-electron chi connectivity index (χ2n) is 7.25. The zero-order valence-electron chi connectivity index (χ0n) is 15.5. The van der Waals surface area contributed by atoms with Crippen LogP contribution in [-0.4, -0.2) is 48.9 Å². The molecule has 2 aromatic heterocycles. The number of rotatable bonds is 5. The molecule has 146 valence electrons. The van der Waals surface area contributed by atoms with Crippen molar-refractivity contribution in [2.24, 2.45) is 5.92 Å². The zero-order chi connectivity index (χ0) is 19.5. The fraction of sp³-hybridized carbons (Fsp3) is 0.400. The molecular weight excluding hydrogens is 358 g/mol. The van der Waals surface area contributed by atoms with Crippen LogP contribution in [0.15, 0.2) is 35.4 Å². The Kier molecular flexibility index (Phi) is 5.10. The third-order valence-electron chi connectivity index (χ3n) is 5.34. The molecule has 3 N–H and O–H groups in total. The Morgan fingerprint density at radius 2 is 2.07 bits per heavy atom. The minimum absolute atomic E-state index is 0.0326. The molecule has 0 spiro atoms. The van der Waals surface area contributed by atoms with Crippen molar-refractivity contribution in [1.82, 2.24) is 24.8 Å². The molecule has 0 saturated carbocycles. The Hall–Kier alpha value is -3.16. The number of fused-ring (bicyclic) bond motifs is 1. The molecule has 0 atom stereocenters. The lowest BCUT2D eigenvalue weighted by atomic mass is 9.93. The molecule has 8 nitrogen and oxygen atoms in total. The minimum atomic E-state index is -0.304. The molecule has 0 aliphatic carbocycles. The predicted octanol–water partition coefficient (Wildman–Crippen LogP) is 1.77. The lowest BCUT2D eigenvalue weighted by Crippen LogP contribution is -2.39. The molecule has 4 rings (SSSR count). The summed E-state index contributed by atoms with van der Waals surface area (Å²) in [5.41, 5.74) is -0.0328. The highest BCUT2D eigenvalue weighted by Gasteiger charge is 2.23. The zero-order valence-corrected chi connectivity index (χ0v) is 15.5. The first-order chi connectivity index (χ1) is 13.6. The van der Waals surface area contributed by atoms with E-state index in [1.807, 2.05) is 11.1 Å². The van der Waals surface area contributed by atoms with Crippen molar-refractivity contribution in [2.75, 3.05) is 13.1 Å². The fourth-order valence-corrected chi connectivity index (χ4v) is 3.76. The van der Waals surface area contributed by atoms with Crippen molar-refractivity contribution in [2.45, 2.75) is 32.1 Å². The van der Waals surface area contributed by atoms with E-state index in [2.05, 4.69) is 19.9 Å². The Morgan fingerprint density at radius 3 is 2.82 bits per heavy atom. The van der Waals surface area contributed by atoms with E-state index in [1.165, 1.54) is 6.07 Å². The van der Waals surface area contributed by atoms with Gasteiger partial charge < -0.3 is 20.0 Å². The number of aromatic nitrogens is 4. The quantitative estimate of drug-likeness (QED) is 0.623. The number of phenolic OH excluding ortho intramolecular Hbond substituents is 1. The average Bonchev–Trinajstić information content (AvgIpc) is 3.21. The van der Waals surface area contributed by atoms with Crippen molar-refractivity contribution in [1.29, 1.82) is 0 Å². The number of phenols is 1. The summed E-state index contributed by atoms with van der Waals surface area (Å²) in [5, 5.41) is 10.3. The van der Waals surface area contributed by atoms with Gasteiger partial charge in [0.2, 0.25) is 5.91 Å². The van der Waals surface area contributed by atoms with E-state index in [9.17, 15) is 14.7 Å². The van der Waals surface area contributed by atoms with Gasteiger partial charge in [-0.3, -0.25) is 9.59 Å². The van der Waals surface area contributed by atoms with E-state index in [1.54, 1.807) is 18.3 Å². The molecule has 1 aliphatic heterocycles. The minimum Gasteiger partial charge on any atom is -0.506 e. The number of nitrogens with one attached hydrogen (secondary N) is 2. The number of aromatic hydroxyl groups is 1. The van der Waals surface area contributed by atoms with Crippen LogP contribution < -0.4 is 5.56 Å². The Labute approximate surface area is 161 Å². The molecule has 1 fully saturated rings. The first kappa shape index (κ1) is 18.2. The summed E-state index contributed by atoms with van der Waals surface area (Å²) in [5.74, 6) is 1.99. The number of para-hydroxylation sites is 1. The van der Waals surface area contributed by atoms with E-state index < -0.39 is 0 Å². The Balaban J connectivity index is 1.33. The van der Waals surface area contributed by atoms with Crippen LogP contribution in [0.25, 0.3) is 10.9 Å². The molecule has 1 aliphatic rings. The number of aryl methyl sites for hydroxylation is 1. The standard InChI is InChI=1S/C20H23N5O3/c26-15-3-1-2-14-19(15)23-16(24-20(14)28)4-5-18(27)25-10-6-13(7-11-25)12-17-21-8-9-22-17/h1-3,8-9,13,26H,4-7,10-12H2,(H,21,22)(H,23,24,28). The smallest absolute Gasteiger partial charge is 0.258 e. The number of amides is 1. The summed E-state index contributed by atoms with van der Waals surface area (Å²) in [6, 6.07) is 4.71. The van der Waals surface area contributed by atoms with Crippen LogP contribution in [0.3, 0.4) is 0 Å². The number of carbonyl (C=O) groups excluding carboxylic acids is 1. The number of carbonyl (C=O) groups is 1. The van der Waals surface area contributed by atoms with Crippen LogP contribution in [0, 0.1) is 5.92 Å². The van der Waals surface area contributed by atoms with Crippen molar-refractivity contribution in [3.63, 3.8) is 0 Å². The average molecular weight is 381 g/mol. The summed E-state index contributed by atoms with van der Waals surface area (Å²) in [6.07, 6.45) is 7.06. The molecule has 0 radical (unpaired) electrons. The Bertz CT molecular complexity index is 1020. The molecule has 0 bridgehead atoms. The topological polar surface area (TPSA) is 115 Å². The van der Waals surface area contributed by atoms with E-state index in [-0.39, 0.29) is 29.2 Å². The summed E-state index contributed by atoms with van der Waals surface area (Å²) in [4.78, 5) is 41.0. The molecular formula is C20H23N5O3. The van der Waals surface area contributed by atoms with Crippen LogP contribution in [0.1, 0.15) is 30.9 Å². The normalized spacial score (nSPS) is 15.2. The summed E-state index contributed by atoms with van der Waals surface area (Å²) in [7, 11) is 0. The highest BCUT2D eigenvalue weighted by atomic mass is 16.3. The van der Waals surface area contributed by atoms with Crippen LogP contribution in [-0.2, 0) is 17.6 Å². The van der Waals surface area contributed by atoms with Gasteiger partial charge >= 0.3 is 0 Å². The van der Waals surface area contributed by atoms with Gasteiger partial charge in [0, 0.05) is 44.7 Å². The summed E-state index contributed by atoms with van der Waals surface area (Å²) in [6.45, 7) is 1.49. The van der Waals surface area contributed by atoms with E-state index in [0.717, 1.165) is 38.2 Å². The second kappa shape index (κ2) is 7.84. The number of H-pyrrole nitrogens is 2. The molecule has 8 heteroatoms. The van der Waals surface area contributed by atoms with E-state index >= 15 is 0 Å². The van der Waals surface area contributed by atoms with Gasteiger partial charge in [-0.2, -0.15) is 0 Å². The third kappa shape index (κ3) is 3.90. The number of imidazole rings is 1. The van der Waals surface area contributed by atoms with Crippen LogP contribution in [0.2, 0.25) is 0 Å².